The molecule has 0 saturated carbocycles. The summed E-state index contributed by atoms with van der Waals surface area (Å²) >= 11 is 0. The lowest BCUT2D eigenvalue weighted by Crippen LogP contribution is -2.65. The summed E-state index contributed by atoms with van der Waals surface area (Å²) < 4.78 is 0. The van der Waals surface area contributed by atoms with Crippen molar-refractivity contribution >= 4 is 11.8 Å². The molecule has 2 aliphatic rings. The first-order valence-electron chi connectivity index (χ1n) is 6.53. The van der Waals surface area contributed by atoms with Crippen LogP contribution in [-0.4, -0.2) is 42.4 Å². The van der Waals surface area contributed by atoms with E-state index in [1.165, 1.54) is 0 Å². The molecule has 2 amide bonds. The molecule has 2 unspecified atom stereocenters. The largest absolute Gasteiger partial charge is 0.352 e. The fourth-order valence-corrected chi connectivity index (χ4v) is 2.86. The minimum Gasteiger partial charge on any atom is -0.352 e. The van der Waals surface area contributed by atoms with Crippen LogP contribution >= 0.6 is 0 Å². The maximum absolute atomic E-state index is 12.2. The molecule has 5 nitrogen and oxygen atoms in total. The van der Waals surface area contributed by atoms with Gasteiger partial charge in [-0.15, -0.1) is 0 Å². The number of nitrogens with zero attached hydrogens (tertiary/aromatic N) is 1. The zero-order valence-corrected chi connectivity index (χ0v) is 10.8. The number of amides is 2. The van der Waals surface area contributed by atoms with E-state index in [1.54, 1.807) is 4.90 Å². The number of hydrogen-bond acceptors (Lipinski definition) is 3. The zero-order chi connectivity index (χ0) is 13.4. The number of benzene rings is 1. The highest BCUT2D eigenvalue weighted by Gasteiger charge is 2.41. The second-order valence-electron chi connectivity index (χ2n) is 5.15. The topological polar surface area (TPSA) is 61.4 Å². The number of aryl methyl sites for hydroxylation is 1. The molecule has 5 heteroatoms. The molecule has 19 heavy (non-hydrogen) atoms. The summed E-state index contributed by atoms with van der Waals surface area (Å²) in [4.78, 5) is 26.0. The third-order valence-electron chi connectivity index (χ3n) is 3.73. The summed E-state index contributed by atoms with van der Waals surface area (Å²) in [6.07, 6.45) is 0. The summed E-state index contributed by atoms with van der Waals surface area (Å²) in [7, 11) is 0. The van der Waals surface area contributed by atoms with Gasteiger partial charge in [-0.1, -0.05) is 29.8 Å². The summed E-state index contributed by atoms with van der Waals surface area (Å²) in [5.41, 5.74) is 1.98. The van der Waals surface area contributed by atoms with E-state index in [9.17, 15) is 9.59 Å². The average molecular weight is 259 g/mol. The van der Waals surface area contributed by atoms with E-state index in [2.05, 4.69) is 10.6 Å². The summed E-state index contributed by atoms with van der Waals surface area (Å²) in [5, 5.41) is 5.99. The van der Waals surface area contributed by atoms with Crippen LogP contribution in [0, 0.1) is 6.92 Å². The molecule has 1 aromatic rings. The van der Waals surface area contributed by atoms with Crippen molar-refractivity contribution in [3.05, 3.63) is 35.4 Å². The lowest BCUT2D eigenvalue weighted by Gasteiger charge is -2.44. The maximum atomic E-state index is 12.2. The fraction of sp³-hybridized carbons (Fsp3) is 0.429. The highest BCUT2D eigenvalue weighted by molar-refractivity contribution is 5.91. The number of piperazine rings is 2. The van der Waals surface area contributed by atoms with Gasteiger partial charge < -0.3 is 15.5 Å². The Hall–Kier alpha value is -1.88. The Labute approximate surface area is 112 Å². The molecule has 0 spiro atoms. The van der Waals surface area contributed by atoms with Crippen LogP contribution < -0.4 is 10.6 Å². The third kappa shape index (κ3) is 2.10. The second-order valence-corrected chi connectivity index (χ2v) is 5.15. The first-order chi connectivity index (χ1) is 9.16. The van der Waals surface area contributed by atoms with Gasteiger partial charge in [-0.2, -0.15) is 0 Å². The number of fused-ring (bicyclic) bond motifs is 1. The molecule has 0 bridgehead atoms. The molecule has 2 aliphatic heterocycles. The highest BCUT2D eigenvalue weighted by Crippen LogP contribution is 2.28. The molecule has 1 aromatic carbocycles. The first-order valence-corrected chi connectivity index (χ1v) is 6.53. The standard InChI is InChI=1S/C14H17N3O2/c1-9-3-2-4-10(5-9)13-14(19)16-7-11-6-15-8-12(18)17(11)13/h2-5,11,13,15H,6-8H2,1H3,(H,16,19). The van der Waals surface area contributed by atoms with Crippen LogP contribution in [0.1, 0.15) is 17.2 Å². The van der Waals surface area contributed by atoms with Crippen molar-refractivity contribution in [1.29, 1.82) is 0 Å². The fourth-order valence-electron chi connectivity index (χ4n) is 2.86. The zero-order valence-electron chi connectivity index (χ0n) is 10.8. The third-order valence-corrected chi connectivity index (χ3v) is 3.73. The Morgan fingerprint density at radius 3 is 2.89 bits per heavy atom. The molecule has 0 aromatic heterocycles. The van der Waals surface area contributed by atoms with Crippen molar-refractivity contribution < 1.29 is 9.59 Å². The van der Waals surface area contributed by atoms with Crippen LogP contribution in [0.3, 0.4) is 0 Å². The van der Waals surface area contributed by atoms with Gasteiger partial charge in [0.2, 0.25) is 11.8 Å². The normalized spacial score (nSPS) is 26.9. The van der Waals surface area contributed by atoms with Gasteiger partial charge in [0, 0.05) is 13.1 Å². The molecule has 0 aliphatic carbocycles. The minimum atomic E-state index is -0.492. The summed E-state index contributed by atoms with van der Waals surface area (Å²) in [6, 6.07) is 7.35. The molecular weight excluding hydrogens is 242 g/mol. The minimum absolute atomic E-state index is 0.00222. The Morgan fingerprint density at radius 1 is 1.26 bits per heavy atom. The van der Waals surface area contributed by atoms with Gasteiger partial charge in [0.05, 0.1) is 12.6 Å². The lowest BCUT2D eigenvalue weighted by atomic mass is 9.96. The maximum Gasteiger partial charge on any atom is 0.247 e. The molecule has 2 fully saturated rings. The average Bonchev–Trinajstić information content (AvgIpc) is 2.39. The number of hydrogen-bond donors (Lipinski definition) is 2. The molecule has 2 atom stereocenters. The van der Waals surface area contributed by atoms with Gasteiger partial charge in [0.15, 0.2) is 0 Å². The number of nitrogens with one attached hydrogen (secondary N) is 2. The molecule has 2 N–H and O–H groups in total. The Balaban J connectivity index is 2.00. The van der Waals surface area contributed by atoms with Crippen molar-refractivity contribution in [2.75, 3.05) is 19.6 Å². The molecule has 100 valence electrons. The van der Waals surface area contributed by atoms with Crippen LogP contribution in [0.25, 0.3) is 0 Å². The van der Waals surface area contributed by atoms with E-state index in [4.69, 9.17) is 0 Å². The first kappa shape index (κ1) is 12.2. The van der Waals surface area contributed by atoms with Crippen molar-refractivity contribution in [2.24, 2.45) is 0 Å². The van der Waals surface area contributed by atoms with Crippen molar-refractivity contribution in [3.63, 3.8) is 0 Å². The van der Waals surface area contributed by atoms with Crippen LogP contribution in [0.15, 0.2) is 24.3 Å². The second kappa shape index (κ2) is 4.66. The van der Waals surface area contributed by atoms with E-state index in [1.807, 2.05) is 31.2 Å². The summed E-state index contributed by atoms with van der Waals surface area (Å²) in [5.74, 6) is -0.0882. The number of rotatable bonds is 1. The van der Waals surface area contributed by atoms with E-state index < -0.39 is 6.04 Å². The van der Waals surface area contributed by atoms with Crippen molar-refractivity contribution in [1.82, 2.24) is 15.5 Å². The van der Waals surface area contributed by atoms with Crippen LogP contribution in [0.4, 0.5) is 0 Å². The van der Waals surface area contributed by atoms with Gasteiger partial charge >= 0.3 is 0 Å². The number of carbonyl (C=O) groups excluding carboxylic acids is 2. The quantitative estimate of drug-likeness (QED) is 0.744. The van der Waals surface area contributed by atoms with E-state index in [-0.39, 0.29) is 17.9 Å². The van der Waals surface area contributed by atoms with Crippen LogP contribution in [-0.2, 0) is 9.59 Å². The van der Waals surface area contributed by atoms with Crippen molar-refractivity contribution in [2.45, 2.75) is 19.0 Å². The molecule has 0 radical (unpaired) electrons. The Bertz CT molecular complexity index is 529. The van der Waals surface area contributed by atoms with E-state index >= 15 is 0 Å². The van der Waals surface area contributed by atoms with Gasteiger partial charge in [0.1, 0.15) is 6.04 Å². The van der Waals surface area contributed by atoms with E-state index in [0.717, 1.165) is 17.7 Å². The van der Waals surface area contributed by atoms with Gasteiger partial charge in [-0.05, 0) is 12.5 Å². The predicted octanol–water partition coefficient (Wildman–Crippen LogP) is -0.0337. The lowest BCUT2D eigenvalue weighted by molar-refractivity contribution is -0.148. The summed E-state index contributed by atoms with van der Waals surface area (Å²) in [6.45, 7) is 3.56. The Kier molecular flexibility index (Phi) is 2.98. The van der Waals surface area contributed by atoms with E-state index in [0.29, 0.717) is 13.1 Å². The van der Waals surface area contributed by atoms with Crippen LogP contribution in [0.2, 0.25) is 0 Å². The van der Waals surface area contributed by atoms with Gasteiger partial charge in [-0.25, -0.2) is 0 Å². The molecule has 2 saturated heterocycles. The smallest absolute Gasteiger partial charge is 0.247 e. The Morgan fingerprint density at radius 2 is 2.11 bits per heavy atom. The van der Waals surface area contributed by atoms with Gasteiger partial charge in [-0.3, -0.25) is 9.59 Å². The van der Waals surface area contributed by atoms with Crippen molar-refractivity contribution in [3.8, 4) is 0 Å². The van der Waals surface area contributed by atoms with Crippen LogP contribution in [0.5, 0.6) is 0 Å². The monoisotopic (exact) mass is 259 g/mol. The molecular formula is C14H17N3O2. The SMILES string of the molecule is Cc1cccc(C2C(=O)NCC3CNCC(=O)N32)c1. The predicted molar refractivity (Wildman–Crippen MR) is 70.4 cm³/mol. The highest BCUT2D eigenvalue weighted by atomic mass is 16.2. The molecule has 3 rings (SSSR count). The number of carbonyl (C=O) groups is 2. The molecule has 2 heterocycles. The van der Waals surface area contributed by atoms with Gasteiger partial charge in [0.25, 0.3) is 0 Å².